The Bertz CT molecular complexity index is 783. The Labute approximate surface area is 135 Å². The van der Waals surface area contributed by atoms with Gasteiger partial charge in [0.25, 0.3) is 9.05 Å². The Hall–Kier alpha value is -0.820. The fourth-order valence-electron chi connectivity index (χ4n) is 1.84. The minimum Gasteiger partial charge on any atom is -0.216 e. The highest BCUT2D eigenvalue weighted by Gasteiger charge is 2.29. The van der Waals surface area contributed by atoms with Crippen molar-refractivity contribution >= 4 is 42.9 Å². The summed E-state index contributed by atoms with van der Waals surface area (Å²) in [6.45, 7) is 3.44. The first kappa shape index (κ1) is 16.5. The average Bonchev–Trinajstić information content (AvgIpc) is 2.67. The summed E-state index contributed by atoms with van der Waals surface area (Å²) in [5.74, 6) is -0.960. The van der Waals surface area contributed by atoms with Gasteiger partial charge in [0.1, 0.15) is 16.4 Å². The van der Waals surface area contributed by atoms with E-state index >= 15 is 0 Å². The van der Waals surface area contributed by atoms with E-state index in [2.05, 4.69) is 5.10 Å². The fraction of sp³-hybridized carbons (Fsp3) is 0.250. The summed E-state index contributed by atoms with van der Waals surface area (Å²) >= 11 is 12.0. The molecule has 0 atom stereocenters. The second-order valence-electron chi connectivity index (χ2n) is 4.58. The lowest BCUT2D eigenvalue weighted by Gasteiger charge is -2.06. The summed E-state index contributed by atoms with van der Waals surface area (Å²) in [4.78, 5) is -0.333. The molecule has 1 heterocycles. The molecule has 0 fully saturated rings. The van der Waals surface area contributed by atoms with E-state index in [0.717, 1.165) is 4.68 Å². The summed E-state index contributed by atoms with van der Waals surface area (Å²) in [6, 6.07) is 4.03. The maximum absolute atomic E-state index is 14.0. The van der Waals surface area contributed by atoms with Gasteiger partial charge in [-0.1, -0.05) is 43.1 Å². The molecule has 0 amide bonds. The van der Waals surface area contributed by atoms with Crippen LogP contribution in [0.15, 0.2) is 23.1 Å². The van der Waals surface area contributed by atoms with Crippen molar-refractivity contribution in [3.63, 3.8) is 0 Å². The maximum atomic E-state index is 14.0. The summed E-state index contributed by atoms with van der Waals surface area (Å²) in [7, 11) is 1.27. The third kappa shape index (κ3) is 3.04. The van der Waals surface area contributed by atoms with E-state index < -0.39 is 14.9 Å². The van der Waals surface area contributed by atoms with Gasteiger partial charge in [0.05, 0.1) is 10.7 Å². The van der Waals surface area contributed by atoms with Crippen molar-refractivity contribution in [1.82, 2.24) is 9.78 Å². The zero-order chi connectivity index (χ0) is 15.9. The zero-order valence-electron chi connectivity index (χ0n) is 10.9. The molecule has 0 radical (unpaired) electrons. The summed E-state index contributed by atoms with van der Waals surface area (Å²) in [5.41, 5.74) is 0.0203. The second kappa shape index (κ2) is 5.76. The Morgan fingerprint density at radius 2 is 1.90 bits per heavy atom. The highest BCUT2D eigenvalue weighted by Crippen LogP contribution is 2.36. The molecule has 0 aliphatic heterocycles. The molecule has 4 nitrogen and oxygen atoms in total. The van der Waals surface area contributed by atoms with E-state index in [4.69, 9.17) is 33.9 Å². The molecule has 0 unspecified atom stereocenters. The van der Waals surface area contributed by atoms with E-state index in [-0.39, 0.29) is 32.4 Å². The van der Waals surface area contributed by atoms with Crippen molar-refractivity contribution in [2.75, 3.05) is 0 Å². The number of halogens is 4. The van der Waals surface area contributed by atoms with Crippen molar-refractivity contribution < 1.29 is 12.8 Å². The first-order chi connectivity index (χ1) is 9.64. The topological polar surface area (TPSA) is 52.0 Å². The number of nitrogens with zero attached hydrogens (tertiary/aromatic N) is 2. The van der Waals surface area contributed by atoms with Crippen molar-refractivity contribution in [2.45, 2.75) is 24.7 Å². The number of rotatable bonds is 3. The van der Waals surface area contributed by atoms with Crippen LogP contribution in [0.3, 0.4) is 0 Å². The van der Waals surface area contributed by atoms with Crippen molar-refractivity contribution in [1.29, 1.82) is 0 Å². The smallest absolute Gasteiger partial charge is 0.216 e. The van der Waals surface area contributed by atoms with Crippen molar-refractivity contribution in [2.24, 2.45) is 0 Å². The van der Waals surface area contributed by atoms with Crippen LogP contribution >= 0.6 is 33.9 Å². The van der Waals surface area contributed by atoms with Gasteiger partial charge in [-0.3, -0.25) is 0 Å². The molecule has 0 spiro atoms. The molecule has 2 rings (SSSR count). The molecule has 0 aliphatic carbocycles. The highest BCUT2D eigenvalue weighted by molar-refractivity contribution is 8.13. The Morgan fingerprint density at radius 3 is 2.33 bits per heavy atom. The van der Waals surface area contributed by atoms with Gasteiger partial charge in [-0.25, -0.2) is 17.5 Å². The third-order valence-corrected chi connectivity index (χ3v) is 4.87. The molecule has 0 saturated heterocycles. The van der Waals surface area contributed by atoms with Gasteiger partial charge >= 0.3 is 0 Å². The van der Waals surface area contributed by atoms with Gasteiger partial charge in [-0.2, -0.15) is 5.10 Å². The molecular weight excluding hydrogens is 362 g/mol. The van der Waals surface area contributed by atoms with Crippen LogP contribution in [0.5, 0.6) is 0 Å². The lowest BCUT2D eigenvalue weighted by atomic mass is 10.1. The molecule has 0 N–H and O–H groups in total. The first-order valence-electron chi connectivity index (χ1n) is 5.82. The van der Waals surface area contributed by atoms with Crippen LogP contribution in [0.4, 0.5) is 4.39 Å². The molecule has 0 aliphatic rings. The van der Waals surface area contributed by atoms with Crippen LogP contribution in [0.25, 0.3) is 5.69 Å². The predicted molar refractivity (Wildman–Crippen MR) is 80.7 cm³/mol. The van der Waals surface area contributed by atoms with E-state index in [1.54, 1.807) is 13.8 Å². The van der Waals surface area contributed by atoms with Crippen LogP contribution in [-0.2, 0) is 9.05 Å². The van der Waals surface area contributed by atoms with Crippen LogP contribution in [0, 0.1) is 5.82 Å². The lowest BCUT2D eigenvalue weighted by Crippen LogP contribution is -2.02. The van der Waals surface area contributed by atoms with Crippen molar-refractivity contribution in [3.8, 4) is 5.69 Å². The summed E-state index contributed by atoms with van der Waals surface area (Å²) in [5, 5.41) is 3.81. The van der Waals surface area contributed by atoms with E-state index in [1.165, 1.54) is 18.2 Å². The van der Waals surface area contributed by atoms with Crippen LogP contribution in [-0.4, -0.2) is 18.2 Å². The minimum absolute atomic E-state index is 0.0493. The quantitative estimate of drug-likeness (QED) is 0.753. The fourth-order valence-corrected chi connectivity index (χ4v) is 4.00. The lowest BCUT2D eigenvalue weighted by molar-refractivity contribution is 0.607. The first-order valence-corrected chi connectivity index (χ1v) is 8.88. The summed E-state index contributed by atoms with van der Waals surface area (Å²) in [6.07, 6.45) is 0. The average molecular weight is 372 g/mol. The van der Waals surface area contributed by atoms with Crippen LogP contribution in [0.1, 0.15) is 25.5 Å². The molecule has 2 aromatic rings. The van der Waals surface area contributed by atoms with E-state index in [1.807, 2.05) is 0 Å². The number of para-hydroxylation sites is 1. The number of aromatic nitrogens is 2. The number of benzene rings is 1. The molecular formula is C12H10Cl3FN2O2S. The van der Waals surface area contributed by atoms with E-state index in [9.17, 15) is 12.8 Å². The van der Waals surface area contributed by atoms with Crippen LogP contribution < -0.4 is 0 Å². The molecule has 9 heteroatoms. The van der Waals surface area contributed by atoms with Crippen LogP contribution in [0.2, 0.25) is 10.2 Å². The van der Waals surface area contributed by atoms with Gasteiger partial charge in [0.15, 0.2) is 5.15 Å². The second-order valence-corrected chi connectivity index (χ2v) is 7.85. The number of hydrogen-bond acceptors (Lipinski definition) is 3. The zero-order valence-corrected chi connectivity index (χ0v) is 14.0. The normalized spacial score (nSPS) is 12.1. The van der Waals surface area contributed by atoms with Crippen molar-refractivity contribution in [3.05, 3.63) is 39.9 Å². The highest BCUT2D eigenvalue weighted by atomic mass is 35.7. The molecule has 114 valence electrons. The molecule has 1 aromatic heterocycles. The van der Waals surface area contributed by atoms with Gasteiger partial charge in [0.2, 0.25) is 0 Å². The standard InChI is InChI=1S/C12H10Cl3FN2O2S/c1-6(2)9-11(21(15,19)20)12(14)18(17-9)10-7(13)4-3-5-8(10)16/h3-6H,1-2H3. The molecule has 0 saturated carbocycles. The van der Waals surface area contributed by atoms with Gasteiger partial charge < -0.3 is 0 Å². The maximum Gasteiger partial charge on any atom is 0.266 e. The molecule has 1 aromatic carbocycles. The summed E-state index contributed by atoms with van der Waals surface area (Å²) < 4.78 is 38.3. The Balaban J connectivity index is 2.85. The molecule has 21 heavy (non-hydrogen) atoms. The van der Waals surface area contributed by atoms with E-state index in [0.29, 0.717) is 0 Å². The number of hydrogen-bond donors (Lipinski definition) is 0. The van der Waals surface area contributed by atoms with Gasteiger partial charge in [-0.15, -0.1) is 0 Å². The SMILES string of the molecule is CC(C)c1nn(-c2c(F)cccc2Cl)c(Cl)c1S(=O)(=O)Cl. The predicted octanol–water partition coefficient (Wildman–Crippen LogP) is 4.37. The minimum atomic E-state index is -4.13. The molecule has 0 bridgehead atoms. The van der Waals surface area contributed by atoms with Gasteiger partial charge in [0, 0.05) is 10.7 Å². The Kier molecular flexibility index (Phi) is 4.54. The largest absolute Gasteiger partial charge is 0.266 e. The monoisotopic (exact) mass is 370 g/mol. The Morgan fingerprint density at radius 1 is 1.29 bits per heavy atom. The van der Waals surface area contributed by atoms with Gasteiger partial charge in [-0.05, 0) is 18.1 Å². The third-order valence-electron chi connectivity index (χ3n) is 2.75.